The van der Waals surface area contributed by atoms with Crippen molar-refractivity contribution in [2.24, 2.45) is 0 Å². The number of hydrogen-bond donors (Lipinski definition) is 1. The summed E-state index contributed by atoms with van der Waals surface area (Å²) in [4.78, 5) is 0. The van der Waals surface area contributed by atoms with Gasteiger partial charge in [-0.1, -0.05) is 25.1 Å². The van der Waals surface area contributed by atoms with Crippen LogP contribution in [0, 0.1) is 0 Å². The molecule has 0 saturated carbocycles. The average molecular weight is 191 g/mol. The zero-order chi connectivity index (χ0) is 10.0. The van der Waals surface area contributed by atoms with Gasteiger partial charge in [-0.05, 0) is 25.5 Å². The highest BCUT2D eigenvalue weighted by Crippen LogP contribution is 2.39. The molecule has 1 aliphatic heterocycles. The van der Waals surface area contributed by atoms with Crippen molar-refractivity contribution in [3.63, 3.8) is 0 Å². The molecule has 2 heteroatoms. The van der Waals surface area contributed by atoms with Crippen LogP contribution in [0.4, 0.5) is 0 Å². The topological polar surface area (TPSA) is 21.3 Å². The lowest BCUT2D eigenvalue weighted by atomic mass is 9.78. The molecule has 1 saturated heterocycles. The van der Waals surface area contributed by atoms with E-state index in [9.17, 15) is 0 Å². The second kappa shape index (κ2) is 3.62. The first kappa shape index (κ1) is 9.53. The maximum atomic E-state index is 5.39. The van der Waals surface area contributed by atoms with Crippen molar-refractivity contribution in [1.82, 2.24) is 5.32 Å². The molecule has 1 atom stereocenters. The van der Waals surface area contributed by atoms with Crippen LogP contribution in [0.2, 0.25) is 0 Å². The lowest BCUT2D eigenvalue weighted by Crippen LogP contribution is -2.53. The monoisotopic (exact) mass is 191 g/mol. The summed E-state index contributed by atoms with van der Waals surface area (Å²) in [5, 5.41) is 3.52. The van der Waals surface area contributed by atoms with Gasteiger partial charge in [-0.2, -0.15) is 0 Å². The lowest BCUT2D eigenvalue weighted by Gasteiger charge is -2.43. The van der Waals surface area contributed by atoms with Crippen molar-refractivity contribution in [3.8, 4) is 5.75 Å². The van der Waals surface area contributed by atoms with E-state index in [-0.39, 0.29) is 5.54 Å². The molecular weight excluding hydrogens is 174 g/mol. The highest BCUT2D eigenvalue weighted by molar-refractivity contribution is 5.40. The molecule has 1 N–H and O–H groups in total. The van der Waals surface area contributed by atoms with Crippen molar-refractivity contribution in [2.75, 3.05) is 13.7 Å². The molecule has 1 aromatic carbocycles. The molecule has 1 aromatic rings. The molecule has 0 amide bonds. The first-order chi connectivity index (χ1) is 6.82. The van der Waals surface area contributed by atoms with Gasteiger partial charge < -0.3 is 10.1 Å². The Morgan fingerprint density at radius 2 is 2.14 bits per heavy atom. The predicted octanol–water partition coefficient (Wildman–Crippen LogP) is 2.29. The fourth-order valence-corrected chi connectivity index (χ4v) is 2.19. The summed E-state index contributed by atoms with van der Waals surface area (Å²) in [5.74, 6) is 1.00. The van der Waals surface area contributed by atoms with Gasteiger partial charge in [0, 0.05) is 11.1 Å². The average Bonchev–Trinajstić information content (AvgIpc) is 2.18. The van der Waals surface area contributed by atoms with Gasteiger partial charge >= 0.3 is 0 Å². The zero-order valence-corrected chi connectivity index (χ0v) is 8.84. The minimum Gasteiger partial charge on any atom is -0.496 e. The van der Waals surface area contributed by atoms with Crippen molar-refractivity contribution in [2.45, 2.75) is 25.3 Å². The van der Waals surface area contributed by atoms with Gasteiger partial charge in [-0.15, -0.1) is 0 Å². The Morgan fingerprint density at radius 1 is 1.43 bits per heavy atom. The highest BCUT2D eigenvalue weighted by Gasteiger charge is 2.38. The van der Waals surface area contributed by atoms with Crippen LogP contribution in [-0.4, -0.2) is 13.7 Å². The van der Waals surface area contributed by atoms with Gasteiger partial charge in [0.1, 0.15) is 5.75 Å². The van der Waals surface area contributed by atoms with Gasteiger partial charge in [0.2, 0.25) is 0 Å². The summed E-state index contributed by atoms with van der Waals surface area (Å²) < 4.78 is 5.39. The smallest absolute Gasteiger partial charge is 0.123 e. The molecule has 0 spiro atoms. The predicted molar refractivity (Wildman–Crippen MR) is 57.6 cm³/mol. The van der Waals surface area contributed by atoms with Crippen molar-refractivity contribution >= 4 is 0 Å². The molecule has 0 aliphatic carbocycles. The van der Waals surface area contributed by atoms with E-state index in [1.807, 2.05) is 12.1 Å². The van der Waals surface area contributed by atoms with Crippen LogP contribution in [0.5, 0.6) is 5.75 Å². The molecule has 14 heavy (non-hydrogen) atoms. The summed E-state index contributed by atoms with van der Waals surface area (Å²) in [6.07, 6.45) is 2.33. The van der Waals surface area contributed by atoms with Crippen LogP contribution in [-0.2, 0) is 5.54 Å². The van der Waals surface area contributed by atoms with Gasteiger partial charge in [0.15, 0.2) is 0 Å². The molecule has 1 fully saturated rings. The summed E-state index contributed by atoms with van der Waals surface area (Å²) in [6.45, 7) is 3.34. The highest BCUT2D eigenvalue weighted by atomic mass is 16.5. The number of hydrogen-bond acceptors (Lipinski definition) is 2. The molecule has 0 radical (unpaired) electrons. The Labute approximate surface area is 85.3 Å². The first-order valence-electron chi connectivity index (χ1n) is 5.21. The molecule has 1 aliphatic rings. The number of para-hydroxylation sites is 1. The van der Waals surface area contributed by atoms with E-state index in [0.717, 1.165) is 18.7 Å². The Morgan fingerprint density at radius 3 is 2.64 bits per heavy atom. The van der Waals surface area contributed by atoms with E-state index < -0.39 is 0 Å². The number of nitrogens with one attached hydrogen (secondary N) is 1. The number of rotatable bonds is 3. The fourth-order valence-electron chi connectivity index (χ4n) is 2.19. The van der Waals surface area contributed by atoms with E-state index >= 15 is 0 Å². The minimum absolute atomic E-state index is 0.173. The van der Waals surface area contributed by atoms with E-state index in [1.54, 1.807) is 7.11 Å². The van der Waals surface area contributed by atoms with Crippen LogP contribution >= 0.6 is 0 Å². The summed E-state index contributed by atoms with van der Waals surface area (Å²) in [7, 11) is 1.74. The van der Waals surface area contributed by atoms with Crippen LogP contribution in [0.25, 0.3) is 0 Å². The summed E-state index contributed by atoms with van der Waals surface area (Å²) in [5.41, 5.74) is 1.48. The minimum atomic E-state index is 0.173. The van der Waals surface area contributed by atoms with Crippen molar-refractivity contribution in [1.29, 1.82) is 0 Å². The first-order valence-corrected chi connectivity index (χ1v) is 5.21. The van der Waals surface area contributed by atoms with Crippen molar-refractivity contribution in [3.05, 3.63) is 29.8 Å². The zero-order valence-electron chi connectivity index (χ0n) is 8.84. The Hall–Kier alpha value is -1.02. The summed E-state index contributed by atoms with van der Waals surface area (Å²) >= 11 is 0. The van der Waals surface area contributed by atoms with Crippen molar-refractivity contribution < 1.29 is 4.74 Å². The van der Waals surface area contributed by atoms with E-state index in [2.05, 4.69) is 24.4 Å². The normalized spacial score (nSPS) is 25.6. The standard InChI is InChI=1S/C12H17NO/c1-3-12(8-9-13-12)10-6-4-5-7-11(10)14-2/h4-7,13H,3,8-9H2,1-2H3. The lowest BCUT2D eigenvalue weighted by molar-refractivity contribution is 0.195. The molecule has 2 nitrogen and oxygen atoms in total. The van der Waals surface area contributed by atoms with E-state index in [1.165, 1.54) is 12.0 Å². The van der Waals surface area contributed by atoms with Gasteiger partial charge in [0.25, 0.3) is 0 Å². The third-order valence-electron chi connectivity index (χ3n) is 3.24. The molecular formula is C12H17NO. The number of ether oxygens (including phenoxy) is 1. The third-order valence-corrected chi connectivity index (χ3v) is 3.24. The second-order valence-corrected chi connectivity index (χ2v) is 3.81. The van der Waals surface area contributed by atoms with Crippen LogP contribution < -0.4 is 10.1 Å². The quantitative estimate of drug-likeness (QED) is 0.791. The molecule has 0 aromatic heterocycles. The Kier molecular flexibility index (Phi) is 2.46. The van der Waals surface area contributed by atoms with E-state index in [0.29, 0.717) is 0 Å². The van der Waals surface area contributed by atoms with Gasteiger partial charge in [0.05, 0.1) is 7.11 Å². The van der Waals surface area contributed by atoms with E-state index in [4.69, 9.17) is 4.74 Å². The fraction of sp³-hybridized carbons (Fsp3) is 0.500. The molecule has 1 unspecified atom stereocenters. The molecule has 2 rings (SSSR count). The molecule has 76 valence electrons. The SMILES string of the molecule is CCC1(c2ccccc2OC)CCN1. The molecule has 1 heterocycles. The summed E-state index contributed by atoms with van der Waals surface area (Å²) in [6, 6.07) is 8.29. The maximum absolute atomic E-state index is 5.39. The Balaban J connectivity index is 2.38. The van der Waals surface area contributed by atoms with Gasteiger partial charge in [-0.3, -0.25) is 0 Å². The molecule has 0 bridgehead atoms. The maximum Gasteiger partial charge on any atom is 0.123 e. The number of benzene rings is 1. The van der Waals surface area contributed by atoms with Crippen LogP contribution in [0.1, 0.15) is 25.3 Å². The van der Waals surface area contributed by atoms with Crippen LogP contribution in [0.3, 0.4) is 0 Å². The van der Waals surface area contributed by atoms with Gasteiger partial charge in [-0.25, -0.2) is 0 Å². The number of methoxy groups -OCH3 is 1. The third kappa shape index (κ3) is 1.30. The second-order valence-electron chi connectivity index (χ2n) is 3.81. The van der Waals surface area contributed by atoms with Crippen LogP contribution in [0.15, 0.2) is 24.3 Å². The largest absolute Gasteiger partial charge is 0.496 e. The Bertz CT molecular complexity index is 312.